The molecule has 1 aliphatic heterocycles. The predicted molar refractivity (Wildman–Crippen MR) is 89.4 cm³/mol. The molecule has 2 rings (SSSR count). The van der Waals surface area contributed by atoms with Gasteiger partial charge in [0.2, 0.25) is 0 Å². The number of aromatic nitrogens is 2. The van der Waals surface area contributed by atoms with Crippen LogP contribution in [0.4, 0.5) is 0 Å². The Kier molecular flexibility index (Phi) is 7.75. The zero-order valence-electron chi connectivity index (χ0n) is 11.7. The van der Waals surface area contributed by atoms with Gasteiger partial charge in [-0.15, -0.1) is 24.0 Å². The van der Waals surface area contributed by atoms with E-state index in [9.17, 15) is 0 Å². The molecule has 1 aliphatic rings. The minimum atomic E-state index is 0. The minimum absolute atomic E-state index is 0. The summed E-state index contributed by atoms with van der Waals surface area (Å²) in [6.45, 7) is 4.14. The summed E-state index contributed by atoms with van der Waals surface area (Å²) in [6, 6.07) is 0. The Balaban J connectivity index is 0.00000200. The Morgan fingerprint density at radius 2 is 2.25 bits per heavy atom. The molecule has 1 atom stereocenters. The van der Waals surface area contributed by atoms with E-state index < -0.39 is 0 Å². The third kappa shape index (κ3) is 6.00. The van der Waals surface area contributed by atoms with Crippen molar-refractivity contribution in [1.82, 2.24) is 15.3 Å². The number of ether oxygens (including phenoxy) is 1. The molecular weight excluding hydrogens is 369 g/mol. The standard InChI is InChI=1S/C13H21N5O.HI/c1-10-7-16-12(17-8-10)4-5-15-13(14)18-9-11-3-2-6-19-11;/h7-8,11H,2-6,9H2,1H3,(H3,14,15,18);1H. The Morgan fingerprint density at radius 1 is 1.50 bits per heavy atom. The molecular formula is C13H22IN5O. The Morgan fingerprint density at radius 3 is 2.90 bits per heavy atom. The largest absolute Gasteiger partial charge is 0.376 e. The van der Waals surface area contributed by atoms with Gasteiger partial charge in [0.1, 0.15) is 5.82 Å². The summed E-state index contributed by atoms with van der Waals surface area (Å²) in [6.07, 6.45) is 6.80. The first-order chi connectivity index (χ1) is 9.24. The van der Waals surface area contributed by atoms with Crippen LogP contribution in [0.25, 0.3) is 0 Å². The molecule has 0 aliphatic carbocycles. The van der Waals surface area contributed by atoms with Crippen molar-refractivity contribution >= 4 is 29.9 Å². The first-order valence-electron chi connectivity index (χ1n) is 6.67. The van der Waals surface area contributed by atoms with Crippen LogP contribution < -0.4 is 11.1 Å². The van der Waals surface area contributed by atoms with Gasteiger partial charge in [-0.2, -0.15) is 0 Å². The molecule has 0 aromatic carbocycles. The third-order valence-electron chi connectivity index (χ3n) is 2.98. The molecule has 1 fully saturated rings. The summed E-state index contributed by atoms with van der Waals surface area (Å²) in [4.78, 5) is 12.7. The van der Waals surface area contributed by atoms with E-state index in [-0.39, 0.29) is 30.1 Å². The summed E-state index contributed by atoms with van der Waals surface area (Å²) < 4.78 is 5.48. The van der Waals surface area contributed by atoms with Gasteiger partial charge in [0, 0.05) is 32.0 Å². The summed E-state index contributed by atoms with van der Waals surface area (Å²) >= 11 is 0. The van der Waals surface area contributed by atoms with Crippen LogP contribution in [-0.2, 0) is 11.2 Å². The van der Waals surface area contributed by atoms with Crippen LogP contribution in [0.5, 0.6) is 0 Å². The van der Waals surface area contributed by atoms with Crippen LogP contribution in [0.3, 0.4) is 0 Å². The fourth-order valence-corrected chi connectivity index (χ4v) is 1.90. The van der Waals surface area contributed by atoms with Gasteiger partial charge >= 0.3 is 0 Å². The molecule has 20 heavy (non-hydrogen) atoms. The van der Waals surface area contributed by atoms with E-state index in [2.05, 4.69) is 20.3 Å². The molecule has 0 radical (unpaired) electrons. The number of hydrogen-bond acceptors (Lipinski definition) is 4. The molecule has 2 heterocycles. The monoisotopic (exact) mass is 391 g/mol. The predicted octanol–water partition coefficient (Wildman–Crippen LogP) is 1.03. The van der Waals surface area contributed by atoms with Crippen molar-refractivity contribution < 1.29 is 4.74 Å². The normalized spacial score (nSPS) is 18.6. The maximum Gasteiger partial charge on any atom is 0.188 e. The highest BCUT2D eigenvalue weighted by molar-refractivity contribution is 14.0. The lowest BCUT2D eigenvalue weighted by Crippen LogP contribution is -2.34. The summed E-state index contributed by atoms with van der Waals surface area (Å²) in [5.74, 6) is 1.27. The second-order valence-electron chi connectivity index (χ2n) is 4.71. The fraction of sp³-hybridized carbons (Fsp3) is 0.615. The van der Waals surface area contributed by atoms with Crippen molar-refractivity contribution in [2.75, 3.05) is 19.7 Å². The lowest BCUT2D eigenvalue weighted by molar-refractivity contribution is 0.118. The maximum absolute atomic E-state index is 5.78. The van der Waals surface area contributed by atoms with Crippen LogP contribution in [0, 0.1) is 6.92 Å². The molecule has 0 spiro atoms. The zero-order valence-corrected chi connectivity index (χ0v) is 14.0. The molecule has 1 aromatic rings. The zero-order chi connectivity index (χ0) is 13.5. The molecule has 0 saturated carbocycles. The highest BCUT2D eigenvalue weighted by atomic mass is 127. The molecule has 112 valence electrons. The molecule has 1 unspecified atom stereocenters. The number of hydrogen-bond donors (Lipinski definition) is 2. The molecule has 0 amide bonds. The molecule has 3 N–H and O–H groups in total. The molecule has 6 nitrogen and oxygen atoms in total. The quantitative estimate of drug-likeness (QED) is 0.445. The second kappa shape index (κ2) is 9.06. The van der Waals surface area contributed by atoms with E-state index in [0.29, 0.717) is 19.0 Å². The van der Waals surface area contributed by atoms with Crippen LogP contribution >= 0.6 is 24.0 Å². The Labute approximate surface area is 136 Å². The van der Waals surface area contributed by atoms with Crippen molar-refractivity contribution in [3.05, 3.63) is 23.8 Å². The number of halogens is 1. The van der Waals surface area contributed by atoms with Gasteiger partial charge in [0.15, 0.2) is 5.96 Å². The topological polar surface area (TPSA) is 85.4 Å². The van der Waals surface area contributed by atoms with E-state index >= 15 is 0 Å². The third-order valence-corrected chi connectivity index (χ3v) is 2.98. The smallest absolute Gasteiger partial charge is 0.188 e. The minimum Gasteiger partial charge on any atom is -0.376 e. The second-order valence-corrected chi connectivity index (χ2v) is 4.71. The van der Waals surface area contributed by atoms with Crippen molar-refractivity contribution in [3.63, 3.8) is 0 Å². The highest BCUT2D eigenvalue weighted by Crippen LogP contribution is 2.11. The van der Waals surface area contributed by atoms with Gasteiger partial charge < -0.3 is 15.8 Å². The number of aliphatic imine (C=N–C) groups is 1. The Hall–Kier alpha value is -0.960. The van der Waals surface area contributed by atoms with Crippen LogP contribution in [0.15, 0.2) is 17.4 Å². The van der Waals surface area contributed by atoms with Gasteiger partial charge in [-0.1, -0.05) is 0 Å². The number of aryl methyl sites for hydroxylation is 1. The fourth-order valence-electron chi connectivity index (χ4n) is 1.90. The molecule has 7 heteroatoms. The lowest BCUT2D eigenvalue weighted by Gasteiger charge is -2.08. The molecule has 1 aromatic heterocycles. The molecule has 0 bridgehead atoms. The van der Waals surface area contributed by atoms with Gasteiger partial charge in [-0.25, -0.2) is 9.97 Å². The average Bonchev–Trinajstić information content (AvgIpc) is 2.92. The first-order valence-corrected chi connectivity index (χ1v) is 6.67. The van der Waals surface area contributed by atoms with Crippen molar-refractivity contribution in [2.24, 2.45) is 10.7 Å². The van der Waals surface area contributed by atoms with Crippen molar-refractivity contribution in [1.29, 1.82) is 0 Å². The summed E-state index contributed by atoms with van der Waals surface area (Å²) in [5, 5.41) is 3.06. The lowest BCUT2D eigenvalue weighted by atomic mass is 10.2. The van der Waals surface area contributed by atoms with Crippen LogP contribution in [0.2, 0.25) is 0 Å². The van der Waals surface area contributed by atoms with E-state index in [1.807, 2.05) is 19.3 Å². The first kappa shape index (κ1) is 17.1. The van der Waals surface area contributed by atoms with Crippen molar-refractivity contribution in [2.45, 2.75) is 32.3 Å². The van der Waals surface area contributed by atoms with E-state index in [1.165, 1.54) is 0 Å². The molecule has 1 saturated heterocycles. The summed E-state index contributed by atoms with van der Waals surface area (Å²) in [5.41, 5.74) is 6.85. The Bertz CT molecular complexity index is 417. The number of nitrogens with two attached hydrogens (primary N) is 1. The maximum atomic E-state index is 5.78. The summed E-state index contributed by atoms with van der Waals surface area (Å²) in [7, 11) is 0. The van der Waals surface area contributed by atoms with Gasteiger partial charge in [-0.3, -0.25) is 4.99 Å². The van der Waals surface area contributed by atoms with Gasteiger partial charge in [0.25, 0.3) is 0 Å². The van der Waals surface area contributed by atoms with Gasteiger partial charge in [-0.05, 0) is 25.3 Å². The van der Waals surface area contributed by atoms with E-state index in [1.54, 1.807) is 0 Å². The van der Waals surface area contributed by atoms with Gasteiger partial charge in [0.05, 0.1) is 12.6 Å². The van der Waals surface area contributed by atoms with E-state index in [0.717, 1.165) is 37.3 Å². The average molecular weight is 391 g/mol. The van der Waals surface area contributed by atoms with Crippen molar-refractivity contribution in [3.8, 4) is 0 Å². The number of nitrogens with one attached hydrogen (secondary N) is 1. The number of nitrogens with zero attached hydrogens (tertiary/aromatic N) is 3. The van der Waals surface area contributed by atoms with Crippen LogP contribution in [-0.4, -0.2) is 41.7 Å². The SMILES string of the molecule is Cc1cnc(CCNC(N)=NCC2CCCO2)nc1.I. The number of rotatable bonds is 5. The van der Waals surface area contributed by atoms with Crippen LogP contribution in [0.1, 0.15) is 24.2 Å². The highest BCUT2D eigenvalue weighted by Gasteiger charge is 2.14. The number of guanidine groups is 1. The van der Waals surface area contributed by atoms with E-state index in [4.69, 9.17) is 10.5 Å².